The lowest BCUT2D eigenvalue weighted by atomic mass is 10.1. The zero-order valence-electron chi connectivity index (χ0n) is 7.97. The summed E-state index contributed by atoms with van der Waals surface area (Å²) in [5, 5.41) is 11.0. The van der Waals surface area contributed by atoms with E-state index in [0.29, 0.717) is 0 Å². The molecule has 0 fully saturated rings. The summed E-state index contributed by atoms with van der Waals surface area (Å²) in [6.45, 7) is 4.15. The third-order valence-electron chi connectivity index (χ3n) is 1.98. The number of hydrogen-bond donors (Lipinski definition) is 2. The van der Waals surface area contributed by atoms with Gasteiger partial charge in [0.1, 0.15) is 0 Å². The van der Waals surface area contributed by atoms with E-state index in [-0.39, 0.29) is 6.04 Å². The summed E-state index contributed by atoms with van der Waals surface area (Å²) in [5.41, 5.74) is 0. The minimum Gasteiger partial charge on any atom is -0.465 e. The summed E-state index contributed by atoms with van der Waals surface area (Å²) >= 11 is 0. The Bertz CT molecular complexity index is 126. The first kappa shape index (κ1) is 11.3. The lowest BCUT2D eigenvalue weighted by Gasteiger charge is -2.13. The highest BCUT2D eigenvalue weighted by Gasteiger charge is 2.07. The summed E-state index contributed by atoms with van der Waals surface area (Å²) < 4.78 is 0. The minimum absolute atomic E-state index is 0.147. The van der Waals surface area contributed by atoms with Gasteiger partial charge in [-0.15, -0.1) is 0 Å². The van der Waals surface area contributed by atoms with Gasteiger partial charge in [0.05, 0.1) is 0 Å². The van der Waals surface area contributed by atoms with Crippen molar-refractivity contribution in [2.75, 3.05) is 0 Å². The Hall–Kier alpha value is -0.730. The quantitative estimate of drug-likeness (QED) is 0.606. The Kier molecular flexibility index (Phi) is 6.53. The molecule has 0 aromatic heterocycles. The van der Waals surface area contributed by atoms with Crippen LogP contribution in [0.25, 0.3) is 0 Å². The van der Waals surface area contributed by atoms with Crippen molar-refractivity contribution in [1.82, 2.24) is 5.32 Å². The molecular formula is C9H19NO2. The molecule has 0 bridgehead atoms. The summed E-state index contributed by atoms with van der Waals surface area (Å²) in [7, 11) is 0. The van der Waals surface area contributed by atoms with E-state index in [4.69, 9.17) is 5.11 Å². The van der Waals surface area contributed by atoms with Crippen LogP contribution in [0.1, 0.15) is 46.0 Å². The van der Waals surface area contributed by atoms with Crippen LogP contribution in [0.2, 0.25) is 0 Å². The molecule has 3 nitrogen and oxygen atoms in total. The highest BCUT2D eigenvalue weighted by atomic mass is 16.4. The molecule has 72 valence electrons. The molecular weight excluding hydrogens is 154 g/mol. The Balaban J connectivity index is 3.46. The van der Waals surface area contributed by atoms with E-state index in [1.807, 2.05) is 6.92 Å². The van der Waals surface area contributed by atoms with Crippen LogP contribution < -0.4 is 5.32 Å². The standard InChI is InChI=1S/C9H19NO2/c1-3-5-6-7-8(4-2)10-9(11)12/h8,10H,3-7H2,1-2H3,(H,11,12). The first-order valence-electron chi connectivity index (χ1n) is 4.70. The second-order valence-electron chi connectivity index (χ2n) is 3.05. The van der Waals surface area contributed by atoms with Crippen molar-refractivity contribution in [2.45, 2.75) is 52.0 Å². The van der Waals surface area contributed by atoms with Crippen LogP contribution >= 0.6 is 0 Å². The summed E-state index contributed by atoms with van der Waals surface area (Å²) in [6.07, 6.45) is 4.45. The molecule has 0 aromatic rings. The molecule has 0 heterocycles. The van der Waals surface area contributed by atoms with Gasteiger partial charge in [0.2, 0.25) is 0 Å². The van der Waals surface area contributed by atoms with Crippen LogP contribution in [0, 0.1) is 0 Å². The van der Waals surface area contributed by atoms with Crippen LogP contribution in [0.3, 0.4) is 0 Å². The van der Waals surface area contributed by atoms with Gasteiger partial charge in [0, 0.05) is 6.04 Å². The Morgan fingerprint density at radius 2 is 2.08 bits per heavy atom. The topological polar surface area (TPSA) is 49.3 Å². The number of unbranched alkanes of at least 4 members (excludes halogenated alkanes) is 2. The number of amides is 1. The molecule has 3 heteroatoms. The van der Waals surface area contributed by atoms with Crippen molar-refractivity contribution in [3.05, 3.63) is 0 Å². The van der Waals surface area contributed by atoms with Gasteiger partial charge >= 0.3 is 6.09 Å². The molecule has 0 radical (unpaired) electrons. The van der Waals surface area contributed by atoms with Crippen molar-refractivity contribution in [2.24, 2.45) is 0 Å². The number of hydrogen-bond acceptors (Lipinski definition) is 1. The Morgan fingerprint density at radius 1 is 1.42 bits per heavy atom. The van der Waals surface area contributed by atoms with E-state index in [9.17, 15) is 4.79 Å². The molecule has 2 N–H and O–H groups in total. The number of nitrogens with one attached hydrogen (secondary N) is 1. The molecule has 0 saturated heterocycles. The fourth-order valence-electron chi connectivity index (χ4n) is 1.19. The predicted molar refractivity (Wildman–Crippen MR) is 49.4 cm³/mol. The molecule has 1 unspecified atom stereocenters. The predicted octanol–water partition coefficient (Wildman–Crippen LogP) is 2.61. The van der Waals surface area contributed by atoms with Crippen molar-refractivity contribution < 1.29 is 9.90 Å². The zero-order chi connectivity index (χ0) is 9.40. The highest BCUT2D eigenvalue weighted by molar-refractivity contribution is 5.64. The molecule has 0 spiro atoms. The van der Waals surface area contributed by atoms with Crippen LogP contribution in [-0.4, -0.2) is 17.2 Å². The van der Waals surface area contributed by atoms with Gasteiger partial charge in [0.25, 0.3) is 0 Å². The van der Waals surface area contributed by atoms with Gasteiger partial charge in [0.15, 0.2) is 0 Å². The van der Waals surface area contributed by atoms with Gasteiger partial charge in [-0.3, -0.25) is 0 Å². The highest BCUT2D eigenvalue weighted by Crippen LogP contribution is 2.05. The molecule has 0 aromatic carbocycles. The average molecular weight is 173 g/mol. The van der Waals surface area contributed by atoms with Crippen molar-refractivity contribution >= 4 is 6.09 Å². The summed E-state index contributed by atoms with van der Waals surface area (Å²) in [6, 6.07) is 0.147. The van der Waals surface area contributed by atoms with Crippen LogP contribution in [-0.2, 0) is 0 Å². The van der Waals surface area contributed by atoms with E-state index < -0.39 is 6.09 Å². The molecule has 0 saturated carbocycles. The van der Waals surface area contributed by atoms with Crippen molar-refractivity contribution in [3.63, 3.8) is 0 Å². The number of carbonyl (C=O) groups is 1. The maximum absolute atomic E-state index is 10.3. The third-order valence-corrected chi connectivity index (χ3v) is 1.98. The van der Waals surface area contributed by atoms with E-state index in [2.05, 4.69) is 12.2 Å². The van der Waals surface area contributed by atoms with Crippen LogP contribution in [0.5, 0.6) is 0 Å². The SMILES string of the molecule is CCCCCC(CC)NC(=O)O. The fraction of sp³-hybridized carbons (Fsp3) is 0.889. The Morgan fingerprint density at radius 3 is 2.50 bits per heavy atom. The van der Waals surface area contributed by atoms with E-state index in [1.54, 1.807) is 0 Å². The first-order chi connectivity index (χ1) is 5.70. The molecule has 0 aliphatic heterocycles. The summed E-state index contributed by atoms with van der Waals surface area (Å²) in [4.78, 5) is 10.3. The van der Waals surface area contributed by atoms with Crippen LogP contribution in [0.15, 0.2) is 0 Å². The first-order valence-corrected chi connectivity index (χ1v) is 4.70. The lowest BCUT2D eigenvalue weighted by Crippen LogP contribution is -2.32. The largest absolute Gasteiger partial charge is 0.465 e. The van der Waals surface area contributed by atoms with Gasteiger partial charge < -0.3 is 10.4 Å². The summed E-state index contributed by atoms with van der Waals surface area (Å²) in [5.74, 6) is 0. The zero-order valence-corrected chi connectivity index (χ0v) is 7.97. The average Bonchev–Trinajstić information content (AvgIpc) is 2.02. The maximum Gasteiger partial charge on any atom is 0.404 e. The van der Waals surface area contributed by atoms with Gasteiger partial charge in [-0.1, -0.05) is 33.1 Å². The molecule has 0 aliphatic carbocycles. The number of carboxylic acid groups (broad SMARTS) is 1. The number of rotatable bonds is 6. The third kappa shape index (κ3) is 6.01. The van der Waals surface area contributed by atoms with E-state index in [0.717, 1.165) is 19.3 Å². The van der Waals surface area contributed by atoms with Gasteiger partial charge in [-0.2, -0.15) is 0 Å². The lowest BCUT2D eigenvalue weighted by molar-refractivity contribution is 0.188. The van der Waals surface area contributed by atoms with Gasteiger partial charge in [-0.25, -0.2) is 4.79 Å². The second-order valence-corrected chi connectivity index (χ2v) is 3.05. The maximum atomic E-state index is 10.3. The van der Waals surface area contributed by atoms with Crippen molar-refractivity contribution in [1.29, 1.82) is 0 Å². The molecule has 1 atom stereocenters. The fourth-order valence-corrected chi connectivity index (χ4v) is 1.19. The minimum atomic E-state index is -0.904. The molecule has 12 heavy (non-hydrogen) atoms. The van der Waals surface area contributed by atoms with Crippen molar-refractivity contribution in [3.8, 4) is 0 Å². The smallest absolute Gasteiger partial charge is 0.404 e. The molecule has 0 aliphatic rings. The Labute approximate surface area is 74.2 Å². The van der Waals surface area contributed by atoms with E-state index >= 15 is 0 Å². The molecule has 0 rings (SSSR count). The second kappa shape index (κ2) is 6.95. The monoisotopic (exact) mass is 173 g/mol. The normalized spacial score (nSPS) is 12.5. The van der Waals surface area contributed by atoms with Crippen LogP contribution in [0.4, 0.5) is 4.79 Å². The molecule has 1 amide bonds. The van der Waals surface area contributed by atoms with E-state index in [1.165, 1.54) is 12.8 Å². The van der Waals surface area contributed by atoms with Gasteiger partial charge in [-0.05, 0) is 12.8 Å².